The maximum absolute atomic E-state index is 2.68. The lowest BCUT2D eigenvalue weighted by Gasteiger charge is -2.54. The second-order valence-electron chi connectivity index (χ2n) is 16.7. The van der Waals surface area contributed by atoms with Crippen molar-refractivity contribution in [2.75, 3.05) is 0 Å². The zero-order chi connectivity index (χ0) is 25.6. The smallest absolute Gasteiger partial charge is 0.0178 e. The highest BCUT2D eigenvalue weighted by Gasteiger charge is 2.48. The van der Waals surface area contributed by atoms with Crippen molar-refractivity contribution in [1.29, 1.82) is 0 Å². The molecule has 0 aromatic heterocycles. The molecule has 0 nitrogen and oxygen atoms in total. The van der Waals surface area contributed by atoms with Crippen LogP contribution in [0.5, 0.6) is 0 Å². The molecule has 0 saturated heterocycles. The highest BCUT2D eigenvalue weighted by molar-refractivity contribution is 7.60. The normalized spacial score (nSPS) is 41.8. The molecular weight excluding hydrogens is 427 g/mol. The van der Waals surface area contributed by atoms with E-state index >= 15 is 0 Å². The first-order valence-electron chi connectivity index (χ1n) is 15.3. The molecule has 3 fully saturated rings. The number of hydrogen-bond acceptors (Lipinski definition) is 0. The molecule has 0 aromatic carbocycles. The van der Waals surface area contributed by atoms with E-state index in [0.717, 1.165) is 52.5 Å². The molecular formula is C33H63P. The molecule has 1 heteroatoms. The van der Waals surface area contributed by atoms with Crippen molar-refractivity contribution in [3.63, 3.8) is 0 Å². The average molecular weight is 491 g/mol. The molecule has 9 unspecified atom stereocenters. The fourth-order valence-corrected chi connectivity index (χ4v) is 13.5. The van der Waals surface area contributed by atoms with Crippen molar-refractivity contribution in [1.82, 2.24) is 0 Å². The monoisotopic (exact) mass is 490 g/mol. The summed E-state index contributed by atoms with van der Waals surface area (Å²) in [5.74, 6) is 5.59. The van der Waals surface area contributed by atoms with Crippen LogP contribution in [0, 0.1) is 51.8 Å². The number of rotatable bonds is 3. The van der Waals surface area contributed by atoms with Crippen LogP contribution in [0.25, 0.3) is 0 Å². The van der Waals surface area contributed by atoms with Crippen LogP contribution in [0.15, 0.2) is 0 Å². The highest BCUT2D eigenvalue weighted by atomic mass is 31.1. The Morgan fingerprint density at radius 1 is 0.412 bits per heavy atom. The molecule has 3 saturated carbocycles. The van der Waals surface area contributed by atoms with Gasteiger partial charge in [-0.25, -0.2) is 0 Å². The first-order valence-corrected chi connectivity index (χ1v) is 16.8. The molecule has 0 aromatic rings. The van der Waals surface area contributed by atoms with Crippen molar-refractivity contribution in [2.24, 2.45) is 51.8 Å². The molecule has 0 spiro atoms. The van der Waals surface area contributed by atoms with Crippen LogP contribution in [-0.2, 0) is 0 Å². The largest absolute Gasteiger partial charge is 0.0963 e. The van der Waals surface area contributed by atoms with Crippen LogP contribution in [0.3, 0.4) is 0 Å². The minimum absolute atomic E-state index is 0.102. The van der Waals surface area contributed by atoms with E-state index in [4.69, 9.17) is 0 Å². The van der Waals surface area contributed by atoms with E-state index in [1.807, 2.05) is 0 Å². The van der Waals surface area contributed by atoms with Crippen LogP contribution in [-0.4, -0.2) is 17.0 Å². The van der Waals surface area contributed by atoms with Crippen LogP contribution in [0.1, 0.15) is 141 Å². The zero-order valence-electron chi connectivity index (χ0n) is 25.5. The van der Waals surface area contributed by atoms with Crippen molar-refractivity contribution in [3.8, 4) is 0 Å². The minimum Gasteiger partial charge on any atom is -0.0963 e. The van der Waals surface area contributed by atoms with Crippen molar-refractivity contribution in [3.05, 3.63) is 0 Å². The van der Waals surface area contributed by atoms with Gasteiger partial charge in [0.05, 0.1) is 0 Å². The summed E-state index contributed by atoms with van der Waals surface area (Å²) in [6.45, 7) is 30.5. The Bertz CT molecular complexity index is 553. The summed E-state index contributed by atoms with van der Waals surface area (Å²) in [5, 5.41) is 0. The lowest BCUT2D eigenvalue weighted by Crippen LogP contribution is -2.43. The van der Waals surface area contributed by atoms with Gasteiger partial charge >= 0.3 is 0 Å². The van der Waals surface area contributed by atoms with Gasteiger partial charge in [0.1, 0.15) is 0 Å². The van der Waals surface area contributed by atoms with Crippen LogP contribution < -0.4 is 0 Å². The van der Waals surface area contributed by atoms with Crippen molar-refractivity contribution in [2.45, 2.75) is 158 Å². The van der Waals surface area contributed by atoms with Gasteiger partial charge < -0.3 is 0 Å². The summed E-state index contributed by atoms with van der Waals surface area (Å²) >= 11 is 0. The van der Waals surface area contributed by atoms with E-state index in [1.165, 1.54) is 57.8 Å². The van der Waals surface area contributed by atoms with Gasteiger partial charge in [0, 0.05) is 0 Å². The highest BCUT2D eigenvalue weighted by Crippen LogP contribution is 2.67. The molecule has 3 aliphatic rings. The van der Waals surface area contributed by atoms with E-state index < -0.39 is 0 Å². The lowest BCUT2D eigenvalue weighted by molar-refractivity contribution is 0.136. The molecule has 0 bridgehead atoms. The Kier molecular flexibility index (Phi) is 9.09. The van der Waals surface area contributed by atoms with E-state index in [1.54, 1.807) is 0 Å². The fraction of sp³-hybridized carbons (Fsp3) is 1.00. The van der Waals surface area contributed by atoms with Gasteiger partial charge in [-0.2, -0.15) is 0 Å². The first-order chi connectivity index (χ1) is 15.5. The molecule has 0 aliphatic heterocycles. The molecule has 0 N–H and O–H groups in total. The van der Waals surface area contributed by atoms with E-state index in [9.17, 15) is 0 Å². The summed E-state index contributed by atoms with van der Waals surface area (Å²) < 4.78 is 0. The summed E-state index contributed by atoms with van der Waals surface area (Å²) in [7, 11) is 0.102. The van der Waals surface area contributed by atoms with Gasteiger partial charge in [-0.1, -0.05) is 91.0 Å². The predicted molar refractivity (Wildman–Crippen MR) is 156 cm³/mol. The van der Waals surface area contributed by atoms with E-state index in [0.29, 0.717) is 16.2 Å². The fourth-order valence-electron chi connectivity index (χ4n) is 8.57. The van der Waals surface area contributed by atoms with Gasteiger partial charge in [0.15, 0.2) is 0 Å². The second kappa shape index (κ2) is 10.7. The average Bonchev–Trinajstić information content (AvgIpc) is 2.69. The van der Waals surface area contributed by atoms with Crippen LogP contribution in [0.2, 0.25) is 0 Å². The zero-order valence-corrected chi connectivity index (χ0v) is 26.4. The maximum atomic E-state index is 2.68. The first kappa shape index (κ1) is 29.0. The third kappa shape index (κ3) is 6.65. The van der Waals surface area contributed by atoms with Crippen LogP contribution >= 0.6 is 7.92 Å². The second-order valence-corrected chi connectivity index (χ2v) is 19.6. The Morgan fingerprint density at radius 3 is 0.824 bits per heavy atom. The molecule has 3 rings (SSSR count). The van der Waals surface area contributed by atoms with Gasteiger partial charge in [-0.05, 0) is 127 Å². The molecule has 0 radical (unpaired) electrons. The third-order valence-electron chi connectivity index (χ3n) is 11.2. The van der Waals surface area contributed by atoms with Crippen molar-refractivity contribution >= 4 is 7.92 Å². The summed E-state index contributed by atoms with van der Waals surface area (Å²) in [4.78, 5) is 0. The van der Waals surface area contributed by atoms with E-state index in [-0.39, 0.29) is 7.92 Å². The van der Waals surface area contributed by atoms with E-state index in [2.05, 4.69) is 83.1 Å². The third-order valence-corrected chi connectivity index (χ3v) is 15.8. The van der Waals surface area contributed by atoms with Gasteiger partial charge in [0.25, 0.3) is 0 Å². The Balaban J connectivity index is 1.85. The topological polar surface area (TPSA) is 0 Å². The molecule has 9 atom stereocenters. The standard InChI is InChI=1S/C33H63P/c1-22-19-25(31(4,5)6)13-16-28(22)34(29-17-14-26(20-23(29)2)32(7,8)9)30-18-15-27(21-24(30)3)33(10,11)12/h22-30H,13-21H2,1-12H3. The Hall–Kier alpha value is 0.430. The summed E-state index contributed by atoms with van der Waals surface area (Å²) in [6, 6.07) is 0. The SMILES string of the molecule is CC1CC(C(C)(C)C)CCC1P(C1CCC(C(C)(C)C)CC1C)C1CCC(C(C)(C)C)CC1C. The molecule has 0 amide bonds. The van der Waals surface area contributed by atoms with Gasteiger partial charge in [0.2, 0.25) is 0 Å². The summed E-state index contributed by atoms with van der Waals surface area (Å²) in [5.41, 5.74) is 4.55. The van der Waals surface area contributed by atoms with Gasteiger partial charge in [-0.3, -0.25) is 0 Å². The van der Waals surface area contributed by atoms with Crippen LogP contribution in [0.4, 0.5) is 0 Å². The quantitative estimate of drug-likeness (QED) is 0.345. The number of hydrogen-bond donors (Lipinski definition) is 0. The molecule has 0 heterocycles. The molecule has 200 valence electrons. The van der Waals surface area contributed by atoms with Gasteiger partial charge in [-0.15, -0.1) is 0 Å². The maximum Gasteiger partial charge on any atom is -0.0178 e. The lowest BCUT2D eigenvalue weighted by atomic mass is 9.69. The minimum atomic E-state index is 0.102. The predicted octanol–water partition coefficient (Wildman–Crippen LogP) is 11.0. The molecule has 34 heavy (non-hydrogen) atoms. The summed E-state index contributed by atoms with van der Waals surface area (Å²) in [6.07, 6.45) is 13.6. The Morgan fingerprint density at radius 2 is 0.647 bits per heavy atom. The van der Waals surface area contributed by atoms with Crippen molar-refractivity contribution < 1.29 is 0 Å². The molecule has 3 aliphatic carbocycles. The Labute approximate surface area is 217 Å².